The van der Waals surface area contributed by atoms with Crippen molar-refractivity contribution >= 4 is 102 Å². The van der Waals surface area contributed by atoms with Gasteiger partial charge in [0.25, 0.3) is 0 Å². The molecule has 6 rings (SSSR count). The fraction of sp³-hybridized carbons (Fsp3) is 0.244. The molecule has 13 heteroatoms. The van der Waals surface area contributed by atoms with Gasteiger partial charge in [-0.25, -0.2) is 4.79 Å². The molecule has 2 unspecified atom stereocenters. The van der Waals surface area contributed by atoms with E-state index >= 15 is 0 Å². The number of hydrogen-bond donors (Lipinski definition) is 1. The van der Waals surface area contributed by atoms with Crippen molar-refractivity contribution in [2.24, 2.45) is 9.98 Å². The van der Waals surface area contributed by atoms with Crippen LogP contribution in [0.25, 0.3) is 21.5 Å². The molecular formula is C45H46B7N4O2. The van der Waals surface area contributed by atoms with Crippen molar-refractivity contribution < 1.29 is 9.53 Å². The van der Waals surface area contributed by atoms with Crippen molar-refractivity contribution in [3.8, 4) is 0 Å². The van der Waals surface area contributed by atoms with Gasteiger partial charge in [0, 0.05) is 124 Å². The molecule has 58 heavy (non-hydrogen) atoms. The Bertz CT molecular complexity index is 2310. The molecule has 0 bridgehead atoms. The molecule has 0 saturated carbocycles. The van der Waals surface area contributed by atoms with Gasteiger partial charge in [-0.2, -0.15) is 0 Å². The van der Waals surface area contributed by atoms with E-state index in [2.05, 4.69) is 157 Å². The Labute approximate surface area is 352 Å². The molecule has 0 spiro atoms. The van der Waals surface area contributed by atoms with Gasteiger partial charge in [-0.1, -0.05) is 86.0 Å². The zero-order chi connectivity index (χ0) is 42.5. The summed E-state index contributed by atoms with van der Waals surface area (Å²) in [5.74, 6) is 0.560. The quantitative estimate of drug-likeness (QED) is 0.131. The van der Waals surface area contributed by atoms with Gasteiger partial charge in [-0.05, 0) is 101 Å². The topological polar surface area (TPSA) is 66.3 Å². The lowest BCUT2D eigenvalue weighted by molar-refractivity contribution is 0.179. The van der Waals surface area contributed by atoms with E-state index in [4.69, 9.17) is 35.7 Å². The third-order valence-electron chi connectivity index (χ3n) is 9.35. The summed E-state index contributed by atoms with van der Waals surface area (Å²) in [6.07, 6.45) is 8.92. The molecule has 2 aliphatic rings. The standard InChI is InChI=1S/C20H22N2O2.C18H20N2.C7H4.B7/c1-4-22(20(23)24-3)16-11-10-15-7-5-8-17(18(15)13-16)14(2)19-9-6-12-21-19;1-3-19-15-10-9-14-6-4-7-16(17(14)12-15)13(2)18-8-5-11-20-18;1-3-5-7-6-4-2;1-5-7(4)6(2)3/h5,7-14H,4,6H2,1-3H3;4,6-13,19H,3,5H2,1-2H3;1-2H2;. The molecule has 4 aromatic rings. The van der Waals surface area contributed by atoms with E-state index in [1.54, 1.807) is 4.90 Å². The number of ether oxygens (including phenoxy) is 1. The Morgan fingerprint density at radius 1 is 0.845 bits per heavy atom. The number of methoxy groups -OCH3 is 1. The van der Waals surface area contributed by atoms with Crippen LogP contribution < -0.4 is 10.2 Å². The van der Waals surface area contributed by atoms with Crippen molar-refractivity contribution in [3.63, 3.8) is 0 Å². The summed E-state index contributed by atoms with van der Waals surface area (Å²) in [5, 5.41) is 8.31. The number of carbonyl (C=O) groups is 1. The summed E-state index contributed by atoms with van der Waals surface area (Å²) in [6, 6.07) is 25.5. The van der Waals surface area contributed by atoms with Crippen LogP contribution in [0.1, 0.15) is 63.5 Å². The maximum atomic E-state index is 12.0. The lowest BCUT2D eigenvalue weighted by Gasteiger charge is -2.21. The lowest BCUT2D eigenvalue weighted by atomic mass is 8.76. The second kappa shape index (κ2) is 24.9. The molecule has 1 amide bonds. The van der Waals surface area contributed by atoms with Gasteiger partial charge < -0.3 is 10.1 Å². The Morgan fingerprint density at radius 3 is 1.79 bits per heavy atom. The zero-order valence-corrected chi connectivity index (χ0v) is 34.3. The number of anilines is 2. The van der Waals surface area contributed by atoms with E-state index in [1.165, 1.54) is 47.5 Å². The Morgan fingerprint density at radius 2 is 1.38 bits per heavy atom. The molecule has 279 valence electrons. The first kappa shape index (κ1) is 46.8. The summed E-state index contributed by atoms with van der Waals surface area (Å²) >= 11 is 0. The van der Waals surface area contributed by atoms with Crippen LogP contribution in [0.15, 0.2) is 148 Å². The predicted molar refractivity (Wildman–Crippen MR) is 256 cm³/mol. The minimum atomic E-state index is -0.537. The van der Waals surface area contributed by atoms with Crippen molar-refractivity contribution in [1.82, 2.24) is 0 Å². The van der Waals surface area contributed by atoms with Crippen LogP contribution in [0.3, 0.4) is 0 Å². The van der Waals surface area contributed by atoms with Gasteiger partial charge >= 0.3 is 6.09 Å². The van der Waals surface area contributed by atoms with Crippen LogP contribution in [0, 0.1) is 0 Å². The molecular weight excluding hydrogens is 704 g/mol. The van der Waals surface area contributed by atoms with Crippen molar-refractivity contribution in [1.29, 1.82) is 0 Å². The Hall–Kier alpha value is -5.62. The van der Waals surface area contributed by atoms with Crippen molar-refractivity contribution in [2.45, 2.75) is 52.4 Å². The highest BCUT2D eigenvalue weighted by Crippen LogP contribution is 2.35. The summed E-state index contributed by atoms with van der Waals surface area (Å²) in [5.41, 5.74) is 18.9. The SMILES string of the molecule is C=C=C=C=C=C=C.CCN(C(=O)OC)c1ccc2cccc(C(C)C3=CCC=N3)c2c1.CCNc1ccc2cccc(C(C)C3=CCC=N3)c2c1.[B][B]B([B])B([B])[B]. The molecule has 4 aromatic carbocycles. The average Bonchev–Trinajstić information content (AvgIpc) is 4.00. The van der Waals surface area contributed by atoms with Crippen LogP contribution >= 0.6 is 0 Å². The van der Waals surface area contributed by atoms with Gasteiger partial charge in [0.1, 0.15) is 0 Å². The number of nitrogens with zero attached hydrogens (tertiary/aromatic N) is 3. The third-order valence-corrected chi connectivity index (χ3v) is 9.35. The van der Waals surface area contributed by atoms with Crippen molar-refractivity contribution in [3.05, 3.63) is 149 Å². The highest BCUT2D eigenvalue weighted by Gasteiger charge is 2.19. The fourth-order valence-corrected chi connectivity index (χ4v) is 6.26. The zero-order valence-electron chi connectivity index (χ0n) is 34.3. The van der Waals surface area contributed by atoms with E-state index in [1.807, 2.05) is 25.4 Å². The summed E-state index contributed by atoms with van der Waals surface area (Å²) < 4.78 is 4.89. The third kappa shape index (κ3) is 13.5. The summed E-state index contributed by atoms with van der Waals surface area (Å²) in [7, 11) is 23.0. The molecule has 0 aromatic heterocycles. The fourth-order valence-electron chi connectivity index (χ4n) is 6.26. The van der Waals surface area contributed by atoms with E-state index in [-0.39, 0.29) is 18.4 Å². The van der Waals surface area contributed by atoms with Crippen LogP contribution in [0.4, 0.5) is 16.2 Å². The monoisotopic (exact) mass is 751 g/mol. The minimum absolute atomic E-state index is 0.218. The van der Waals surface area contributed by atoms with Crippen molar-refractivity contribution in [2.75, 3.05) is 30.4 Å². The Balaban J connectivity index is 0.000000237. The molecule has 2 aliphatic heterocycles. The molecule has 2 heterocycles. The maximum absolute atomic E-state index is 12.0. The van der Waals surface area contributed by atoms with Gasteiger partial charge in [-0.15, -0.1) is 0 Å². The number of fused-ring (bicyclic) bond motifs is 2. The van der Waals surface area contributed by atoms with E-state index < -0.39 is 6.39 Å². The molecule has 1 N–H and O–H groups in total. The number of carbonyl (C=O) groups excluding carboxylic acids is 1. The second-order valence-electron chi connectivity index (χ2n) is 13.2. The van der Waals surface area contributed by atoms with Crippen LogP contribution in [-0.2, 0) is 4.74 Å². The van der Waals surface area contributed by atoms with Gasteiger partial charge in [0.15, 0.2) is 0 Å². The molecule has 6 nitrogen and oxygen atoms in total. The van der Waals surface area contributed by atoms with Crippen LogP contribution in [0.2, 0.25) is 0 Å². The minimum Gasteiger partial charge on any atom is -0.452 e. The summed E-state index contributed by atoms with van der Waals surface area (Å²) in [6.45, 7) is 16.5. The normalized spacial score (nSPS) is 12.6. The largest absolute Gasteiger partial charge is 0.452 e. The van der Waals surface area contributed by atoms with E-state index in [0.717, 1.165) is 41.5 Å². The highest BCUT2D eigenvalue weighted by atomic mass is 16.5. The first-order chi connectivity index (χ1) is 28.0. The first-order valence-corrected chi connectivity index (χ1v) is 19.3. The number of allylic oxidation sites excluding steroid dienone is 4. The summed E-state index contributed by atoms with van der Waals surface area (Å²) in [4.78, 5) is 22.6. The van der Waals surface area contributed by atoms with Gasteiger partial charge in [0.2, 0.25) is 0 Å². The number of rotatable bonds is 10. The number of benzene rings is 4. The number of amides is 1. The number of nitrogens with one attached hydrogen (secondary N) is 1. The molecule has 0 fully saturated rings. The molecule has 0 saturated heterocycles. The number of aliphatic imine (C=N–C) groups is 2. The van der Waals surface area contributed by atoms with Crippen LogP contribution in [-0.4, -0.2) is 89.5 Å². The molecule has 0 aliphatic carbocycles. The van der Waals surface area contributed by atoms with Gasteiger partial charge in [0.05, 0.1) is 7.11 Å². The lowest BCUT2D eigenvalue weighted by Crippen LogP contribution is -2.43. The average molecular weight is 751 g/mol. The molecule has 9 radical (unpaired) electrons. The predicted octanol–water partition coefficient (Wildman–Crippen LogP) is 8.54. The maximum Gasteiger partial charge on any atom is 0.413 e. The smallest absolute Gasteiger partial charge is 0.413 e. The van der Waals surface area contributed by atoms with Crippen LogP contribution in [0.5, 0.6) is 0 Å². The van der Waals surface area contributed by atoms with E-state index in [0.29, 0.717) is 12.5 Å². The highest BCUT2D eigenvalue weighted by molar-refractivity contribution is 7.81. The van der Waals surface area contributed by atoms with E-state index in [9.17, 15) is 4.79 Å². The van der Waals surface area contributed by atoms with Gasteiger partial charge in [-0.3, -0.25) is 14.9 Å². The number of hydrogen-bond acceptors (Lipinski definition) is 5. The first-order valence-electron chi connectivity index (χ1n) is 19.3. The molecule has 2 atom stereocenters. The Kier molecular flexibility index (Phi) is 20.1. The second-order valence-corrected chi connectivity index (χ2v) is 13.2.